The highest BCUT2D eigenvalue weighted by atomic mass is 19.1. The molecule has 1 fully saturated rings. The van der Waals surface area contributed by atoms with Gasteiger partial charge in [-0.1, -0.05) is 19.0 Å². The fourth-order valence-corrected chi connectivity index (χ4v) is 4.34. The van der Waals surface area contributed by atoms with Crippen LogP contribution in [0.4, 0.5) is 27.7 Å². The van der Waals surface area contributed by atoms with Gasteiger partial charge in [0.1, 0.15) is 11.9 Å². The molecular formula is C23H26FN7O2. The molecular weight excluding hydrogens is 425 g/mol. The zero-order chi connectivity index (χ0) is 22.9. The van der Waals surface area contributed by atoms with E-state index in [9.17, 15) is 9.18 Å². The Morgan fingerprint density at radius 3 is 2.88 bits per heavy atom. The Kier molecular flexibility index (Phi) is 5.65. The van der Waals surface area contributed by atoms with Gasteiger partial charge in [0.05, 0.1) is 23.3 Å². The summed E-state index contributed by atoms with van der Waals surface area (Å²) in [5.41, 5.74) is 3.41. The van der Waals surface area contributed by atoms with Gasteiger partial charge >= 0.3 is 0 Å². The standard InChI is InChI=1S/C23H26FN7O2/c1-13(2)17-11-20(33-30-17)28-21-15-5-3-6-16(15)27-23(29-21)31-10-4-7-18(31)22(32)26-14-8-9-19(24)25-12-14/h8-9,11-13,18H,3-7,10H2,1-2H3,(H,26,32)(H,27,28,29)/t18-/m1/s1. The predicted molar refractivity (Wildman–Crippen MR) is 121 cm³/mol. The summed E-state index contributed by atoms with van der Waals surface area (Å²) in [6, 6.07) is 4.19. The van der Waals surface area contributed by atoms with E-state index in [1.54, 1.807) is 0 Å². The maximum absolute atomic E-state index is 13.1. The maximum Gasteiger partial charge on any atom is 0.247 e. The summed E-state index contributed by atoms with van der Waals surface area (Å²) in [6.45, 7) is 4.79. The maximum atomic E-state index is 13.1. The summed E-state index contributed by atoms with van der Waals surface area (Å²) in [7, 11) is 0. The average molecular weight is 452 g/mol. The first-order valence-electron chi connectivity index (χ1n) is 11.3. The van der Waals surface area contributed by atoms with Crippen molar-refractivity contribution in [3.63, 3.8) is 0 Å². The zero-order valence-corrected chi connectivity index (χ0v) is 18.6. The number of anilines is 4. The molecule has 5 rings (SSSR count). The van der Waals surface area contributed by atoms with Crippen molar-refractivity contribution >= 4 is 29.2 Å². The lowest BCUT2D eigenvalue weighted by atomic mass is 10.1. The van der Waals surface area contributed by atoms with Crippen LogP contribution in [0.3, 0.4) is 0 Å². The van der Waals surface area contributed by atoms with Gasteiger partial charge in [0.2, 0.25) is 23.7 Å². The van der Waals surface area contributed by atoms with Crippen LogP contribution in [0.2, 0.25) is 0 Å². The van der Waals surface area contributed by atoms with E-state index in [0.717, 1.165) is 42.6 Å². The Hall–Kier alpha value is -3.56. The normalized spacial score (nSPS) is 17.5. The Morgan fingerprint density at radius 2 is 2.12 bits per heavy atom. The topological polar surface area (TPSA) is 109 Å². The lowest BCUT2D eigenvalue weighted by molar-refractivity contribution is -0.117. The first-order chi connectivity index (χ1) is 16.0. The van der Waals surface area contributed by atoms with Crippen molar-refractivity contribution in [3.8, 4) is 0 Å². The molecule has 1 aliphatic heterocycles. The lowest BCUT2D eigenvalue weighted by Gasteiger charge is -2.25. The van der Waals surface area contributed by atoms with Gasteiger partial charge in [-0.3, -0.25) is 4.79 Å². The third kappa shape index (κ3) is 4.37. The SMILES string of the molecule is CC(C)c1cc(Nc2nc(N3CCC[C@@H]3C(=O)Nc3ccc(F)nc3)nc3c2CCC3)on1. The third-order valence-corrected chi connectivity index (χ3v) is 6.09. The summed E-state index contributed by atoms with van der Waals surface area (Å²) in [5.74, 6) is 1.25. The van der Waals surface area contributed by atoms with Crippen LogP contribution in [-0.2, 0) is 17.6 Å². The molecule has 33 heavy (non-hydrogen) atoms. The molecule has 9 nitrogen and oxygen atoms in total. The van der Waals surface area contributed by atoms with Crippen molar-refractivity contribution < 1.29 is 13.7 Å². The number of carbonyl (C=O) groups excluding carboxylic acids is 1. The highest BCUT2D eigenvalue weighted by Crippen LogP contribution is 2.33. The Bertz CT molecular complexity index is 1160. The van der Waals surface area contributed by atoms with Gasteiger partial charge in [0.25, 0.3) is 0 Å². The predicted octanol–water partition coefficient (Wildman–Crippen LogP) is 3.96. The number of aromatic nitrogens is 4. The molecule has 4 heterocycles. The Labute approximate surface area is 190 Å². The fraction of sp³-hybridized carbons (Fsp3) is 0.435. The van der Waals surface area contributed by atoms with E-state index >= 15 is 0 Å². The van der Waals surface area contributed by atoms with Crippen LogP contribution < -0.4 is 15.5 Å². The van der Waals surface area contributed by atoms with Gasteiger partial charge in [-0.15, -0.1) is 0 Å². The number of hydrogen-bond acceptors (Lipinski definition) is 8. The molecule has 10 heteroatoms. The van der Waals surface area contributed by atoms with Crippen LogP contribution in [0.5, 0.6) is 0 Å². The van der Waals surface area contributed by atoms with Crippen LogP contribution in [0, 0.1) is 5.95 Å². The van der Waals surface area contributed by atoms with Crippen molar-refractivity contribution in [2.75, 3.05) is 22.1 Å². The van der Waals surface area contributed by atoms with E-state index in [0.29, 0.717) is 36.3 Å². The summed E-state index contributed by atoms with van der Waals surface area (Å²) in [5, 5.41) is 10.2. The van der Waals surface area contributed by atoms with E-state index in [-0.39, 0.29) is 11.8 Å². The number of hydrogen-bond donors (Lipinski definition) is 2. The molecule has 0 unspecified atom stereocenters. The minimum atomic E-state index is -0.589. The first-order valence-corrected chi connectivity index (χ1v) is 11.3. The highest BCUT2D eigenvalue weighted by molar-refractivity contribution is 5.96. The van der Waals surface area contributed by atoms with Crippen molar-refractivity contribution in [1.82, 2.24) is 20.1 Å². The molecule has 1 amide bonds. The van der Waals surface area contributed by atoms with E-state index in [2.05, 4.69) is 34.6 Å². The van der Waals surface area contributed by atoms with Gasteiger partial charge in [0.15, 0.2) is 0 Å². The first kappa shape index (κ1) is 21.3. The smallest absolute Gasteiger partial charge is 0.247 e. The Morgan fingerprint density at radius 1 is 1.24 bits per heavy atom. The van der Waals surface area contributed by atoms with Crippen molar-refractivity contribution in [3.05, 3.63) is 47.3 Å². The number of carbonyl (C=O) groups is 1. The monoisotopic (exact) mass is 451 g/mol. The number of nitrogens with one attached hydrogen (secondary N) is 2. The van der Waals surface area contributed by atoms with Crippen LogP contribution >= 0.6 is 0 Å². The number of pyridine rings is 1. The van der Waals surface area contributed by atoms with Crippen LogP contribution in [0.15, 0.2) is 28.9 Å². The van der Waals surface area contributed by atoms with Gasteiger partial charge in [0, 0.05) is 18.2 Å². The molecule has 1 atom stereocenters. The quantitative estimate of drug-likeness (QED) is 0.542. The summed E-state index contributed by atoms with van der Waals surface area (Å²) >= 11 is 0. The molecule has 2 N–H and O–H groups in total. The number of nitrogens with zero attached hydrogens (tertiary/aromatic N) is 5. The second-order valence-electron chi connectivity index (χ2n) is 8.76. The number of amides is 1. The van der Waals surface area contributed by atoms with Gasteiger partial charge in [-0.05, 0) is 50.2 Å². The number of rotatable bonds is 6. The van der Waals surface area contributed by atoms with Crippen LogP contribution in [0.1, 0.15) is 56.0 Å². The number of aryl methyl sites for hydroxylation is 1. The van der Waals surface area contributed by atoms with Gasteiger partial charge < -0.3 is 20.1 Å². The molecule has 3 aromatic heterocycles. The summed E-state index contributed by atoms with van der Waals surface area (Å²) in [6.07, 6.45) is 5.62. The molecule has 172 valence electrons. The minimum absolute atomic E-state index is 0.184. The van der Waals surface area contributed by atoms with Crippen molar-refractivity contribution in [2.24, 2.45) is 0 Å². The van der Waals surface area contributed by atoms with Crippen LogP contribution in [0.25, 0.3) is 0 Å². The van der Waals surface area contributed by atoms with E-state index < -0.39 is 12.0 Å². The molecule has 2 aliphatic rings. The van der Waals surface area contributed by atoms with E-state index in [4.69, 9.17) is 14.5 Å². The average Bonchev–Trinajstić information content (AvgIpc) is 3.55. The van der Waals surface area contributed by atoms with E-state index in [1.807, 2.05) is 11.0 Å². The van der Waals surface area contributed by atoms with E-state index in [1.165, 1.54) is 18.3 Å². The molecule has 0 spiro atoms. The zero-order valence-electron chi connectivity index (χ0n) is 18.6. The summed E-state index contributed by atoms with van der Waals surface area (Å²) in [4.78, 5) is 28.1. The lowest BCUT2D eigenvalue weighted by Crippen LogP contribution is -2.40. The molecule has 0 saturated carbocycles. The number of halogens is 1. The number of fused-ring (bicyclic) bond motifs is 1. The summed E-state index contributed by atoms with van der Waals surface area (Å²) < 4.78 is 18.5. The molecule has 1 saturated heterocycles. The minimum Gasteiger partial charge on any atom is -0.338 e. The molecule has 0 bridgehead atoms. The third-order valence-electron chi connectivity index (χ3n) is 6.09. The highest BCUT2D eigenvalue weighted by Gasteiger charge is 2.34. The fourth-order valence-electron chi connectivity index (χ4n) is 4.34. The Balaban J connectivity index is 1.40. The van der Waals surface area contributed by atoms with Gasteiger partial charge in [-0.25, -0.2) is 9.97 Å². The van der Waals surface area contributed by atoms with Gasteiger partial charge in [-0.2, -0.15) is 9.37 Å². The molecule has 1 aliphatic carbocycles. The molecule has 3 aromatic rings. The molecule has 0 aromatic carbocycles. The molecule has 0 radical (unpaired) electrons. The van der Waals surface area contributed by atoms with Crippen LogP contribution in [-0.4, -0.2) is 38.6 Å². The van der Waals surface area contributed by atoms with Crippen molar-refractivity contribution in [2.45, 2.75) is 57.9 Å². The van der Waals surface area contributed by atoms with Crippen molar-refractivity contribution in [1.29, 1.82) is 0 Å². The largest absolute Gasteiger partial charge is 0.338 e. The second kappa shape index (κ2) is 8.76. The second-order valence-corrected chi connectivity index (χ2v) is 8.76.